The molecule has 28 heavy (non-hydrogen) atoms. The van der Waals surface area contributed by atoms with Crippen LogP contribution in [-0.2, 0) is 9.53 Å². The summed E-state index contributed by atoms with van der Waals surface area (Å²) in [5, 5.41) is 20.9. The number of aromatic hydroxyl groups is 1. The molecule has 7 heteroatoms. The Morgan fingerprint density at radius 1 is 1.18 bits per heavy atom. The first-order valence-electron chi connectivity index (χ1n) is 8.53. The summed E-state index contributed by atoms with van der Waals surface area (Å²) in [6, 6.07) is 10.7. The highest BCUT2D eigenvalue weighted by Crippen LogP contribution is 2.39. The van der Waals surface area contributed by atoms with E-state index in [1.807, 2.05) is 19.1 Å². The number of carboxylic acid groups (broad SMARTS) is 1. The number of carboxylic acids is 1. The number of nitrogens with one attached hydrogen (secondary N) is 1. The van der Waals surface area contributed by atoms with Gasteiger partial charge in [0.15, 0.2) is 11.6 Å². The number of hydrogen-bond donors (Lipinski definition) is 3. The first-order valence-corrected chi connectivity index (χ1v) is 8.53. The number of ether oxygens (including phenoxy) is 1. The van der Waals surface area contributed by atoms with Gasteiger partial charge in [-0.3, -0.25) is 5.32 Å². The van der Waals surface area contributed by atoms with Crippen molar-refractivity contribution in [1.82, 2.24) is 0 Å². The van der Waals surface area contributed by atoms with Crippen molar-refractivity contribution >= 4 is 17.7 Å². The Morgan fingerprint density at radius 3 is 2.39 bits per heavy atom. The quantitative estimate of drug-likeness (QED) is 0.619. The van der Waals surface area contributed by atoms with Gasteiger partial charge >= 0.3 is 12.1 Å². The van der Waals surface area contributed by atoms with Gasteiger partial charge in [-0.05, 0) is 36.8 Å². The smallest absolute Gasteiger partial charge is 0.412 e. The Morgan fingerprint density at radius 2 is 1.82 bits per heavy atom. The van der Waals surface area contributed by atoms with Crippen LogP contribution in [0.2, 0.25) is 0 Å². The second kappa shape index (κ2) is 8.56. The van der Waals surface area contributed by atoms with Crippen LogP contribution in [-0.4, -0.2) is 22.3 Å². The zero-order chi connectivity index (χ0) is 20.9. The zero-order valence-electron chi connectivity index (χ0n) is 15.8. The molecule has 0 heterocycles. The Kier molecular flexibility index (Phi) is 6.41. The number of carbonyl (C=O) groups excluding carboxylic acids is 1. The summed E-state index contributed by atoms with van der Waals surface area (Å²) in [6.45, 7) is 5.22. The fourth-order valence-corrected chi connectivity index (χ4v) is 2.60. The van der Waals surface area contributed by atoms with Gasteiger partial charge in [-0.1, -0.05) is 43.7 Å². The van der Waals surface area contributed by atoms with Crippen LogP contribution in [0.25, 0.3) is 0 Å². The summed E-state index contributed by atoms with van der Waals surface area (Å²) in [5.74, 6) is -2.57. The van der Waals surface area contributed by atoms with Crippen molar-refractivity contribution in [2.24, 2.45) is 5.41 Å². The van der Waals surface area contributed by atoms with Crippen LogP contribution in [0.15, 0.2) is 54.6 Å². The topological polar surface area (TPSA) is 95.9 Å². The number of hydrogen-bond acceptors (Lipinski definition) is 4. The molecule has 1 atom stereocenters. The normalized spacial score (nSPS) is 12.6. The van der Waals surface area contributed by atoms with E-state index in [-0.39, 0.29) is 5.56 Å². The lowest BCUT2D eigenvalue weighted by atomic mass is 9.82. The Labute approximate surface area is 162 Å². The molecule has 2 aromatic carbocycles. The number of amides is 1. The molecule has 0 aliphatic heterocycles. The summed E-state index contributed by atoms with van der Waals surface area (Å²) in [7, 11) is 0. The molecule has 0 aliphatic carbocycles. The largest absolute Gasteiger partial charge is 0.505 e. The Balaban J connectivity index is 2.31. The summed E-state index contributed by atoms with van der Waals surface area (Å²) in [4.78, 5) is 23.3. The van der Waals surface area contributed by atoms with E-state index >= 15 is 0 Å². The Hall–Kier alpha value is -3.35. The number of aliphatic carboxylic acids is 1. The molecule has 6 nitrogen and oxygen atoms in total. The van der Waals surface area contributed by atoms with Crippen LogP contribution in [0.3, 0.4) is 0 Å². The van der Waals surface area contributed by atoms with Crippen molar-refractivity contribution in [2.75, 3.05) is 5.32 Å². The van der Waals surface area contributed by atoms with Gasteiger partial charge in [0, 0.05) is 17.2 Å². The minimum atomic E-state index is -1.16. The van der Waals surface area contributed by atoms with Crippen molar-refractivity contribution in [3.05, 3.63) is 71.6 Å². The van der Waals surface area contributed by atoms with E-state index in [2.05, 4.69) is 5.32 Å². The van der Waals surface area contributed by atoms with Crippen molar-refractivity contribution < 1.29 is 28.9 Å². The lowest BCUT2D eigenvalue weighted by molar-refractivity contribution is -0.131. The molecule has 148 valence electrons. The number of benzene rings is 2. The maximum atomic E-state index is 13.8. The fourth-order valence-electron chi connectivity index (χ4n) is 2.60. The minimum absolute atomic E-state index is 0.273. The van der Waals surface area contributed by atoms with Gasteiger partial charge < -0.3 is 14.9 Å². The van der Waals surface area contributed by atoms with Crippen molar-refractivity contribution in [1.29, 1.82) is 0 Å². The second-order valence-electron chi connectivity index (χ2n) is 6.98. The van der Waals surface area contributed by atoms with E-state index < -0.39 is 35.1 Å². The molecule has 3 N–H and O–H groups in total. The van der Waals surface area contributed by atoms with Crippen LogP contribution in [0.1, 0.15) is 31.1 Å². The average molecular weight is 387 g/mol. The van der Waals surface area contributed by atoms with Crippen LogP contribution in [0, 0.1) is 18.2 Å². The van der Waals surface area contributed by atoms with Crippen LogP contribution >= 0.6 is 0 Å². The number of phenolic OH excluding ortho intramolecular Hbond substituents is 1. The molecule has 0 radical (unpaired) electrons. The van der Waals surface area contributed by atoms with Crippen LogP contribution < -0.4 is 5.32 Å². The van der Waals surface area contributed by atoms with E-state index in [4.69, 9.17) is 9.84 Å². The fraction of sp³-hybridized carbons (Fsp3) is 0.238. The molecular formula is C21H22FNO5. The summed E-state index contributed by atoms with van der Waals surface area (Å²) < 4.78 is 19.4. The number of carbonyl (C=O) groups is 2. The van der Waals surface area contributed by atoms with Gasteiger partial charge in [0.05, 0.1) is 0 Å². The molecule has 2 rings (SSSR count). The summed E-state index contributed by atoms with van der Waals surface area (Å²) >= 11 is 0. The van der Waals surface area contributed by atoms with E-state index in [9.17, 15) is 19.1 Å². The van der Waals surface area contributed by atoms with Crippen LogP contribution in [0.5, 0.6) is 5.75 Å². The molecule has 0 bridgehead atoms. The lowest BCUT2D eigenvalue weighted by Crippen LogP contribution is -2.28. The zero-order valence-corrected chi connectivity index (χ0v) is 15.8. The molecule has 2 aromatic rings. The summed E-state index contributed by atoms with van der Waals surface area (Å²) in [5.41, 5.74) is 0.836. The predicted molar refractivity (Wildman–Crippen MR) is 103 cm³/mol. The van der Waals surface area contributed by atoms with Crippen molar-refractivity contribution in [3.63, 3.8) is 0 Å². The third-order valence-electron chi connectivity index (χ3n) is 4.13. The third kappa shape index (κ3) is 5.57. The number of halogens is 1. The molecule has 0 unspecified atom stereocenters. The molecule has 0 aromatic heterocycles. The maximum Gasteiger partial charge on any atom is 0.412 e. The molecule has 0 saturated heterocycles. The molecular weight excluding hydrogens is 365 g/mol. The van der Waals surface area contributed by atoms with E-state index in [0.717, 1.165) is 23.8 Å². The number of anilines is 1. The standard InChI is InChI=1S/C21H22FNO5/c1-13-4-7-15(8-5-13)23-20(27)28-19(21(2,3)11-10-18(25)26)14-6-9-17(24)16(22)12-14/h4-12,19,24H,1-3H3,(H,23,27)(H,25,26)/b11-10+/t19-/m0/s1. The lowest BCUT2D eigenvalue weighted by Gasteiger charge is -2.31. The van der Waals surface area contributed by atoms with E-state index in [1.165, 1.54) is 12.1 Å². The average Bonchev–Trinajstić information content (AvgIpc) is 2.62. The third-order valence-corrected chi connectivity index (χ3v) is 4.13. The van der Waals surface area contributed by atoms with Gasteiger partial charge in [-0.2, -0.15) is 0 Å². The number of phenols is 1. The van der Waals surface area contributed by atoms with Gasteiger partial charge in [0.2, 0.25) is 0 Å². The van der Waals surface area contributed by atoms with Gasteiger partial charge in [-0.25, -0.2) is 14.0 Å². The van der Waals surface area contributed by atoms with Gasteiger partial charge in [0.25, 0.3) is 0 Å². The molecule has 0 aliphatic rings. The minimum Gasteiger partial charge on any atom is -0.505 e. The monoisotopic (exact) mass is 387 g/mol. The first kappa shape index (κ1) is 21.0. The molecule has 0 fully saturated rings. The van der Waals surface area contributed by atoms with Gasteiger partial charge in [0.1, 0.15) is 6.10 Å². The van der Waals surface area contributed by atoms with Crippen molar-refractivity contribution in [3.8, 4) is 5.75 Å². The SMILES string of the molecule is Cc1ccc(NC(=O)O[C@@H](c2ccc(O)c(F)c2)C(C)(C)/C=C/C(=O)O)cc1. The highest BCUT2D eigenvalue weighted by Gasteiger charge is 2.33. The molecule has 1 amide bonds. The first-order chi connectivity index (χ1) is 13.1. The van der Waals surface area contributed by atoms with Crippen LogP contribution in [0.4, 0.5) is 14.9 Å². The van der Waals surface area contributed by atoms with E-state index in [0.29, 0.717) is 5.69 Å². The number of rotatable bonds is 6. The second-order valence-corrected chi connectivity index (χ2v) is 6.98. The summed E-state index contributed by atoms with van der Waals surface area (Å²) in [6.07, 6.45) is 0.511. The van der Waals surface area contributed by atoms with Crippen molar-refractivity contribution in [2.45, 2.75) is 26.9 Å². The Bertz CT molecular complexity index is 890. The van der Waals surface area contributed by atoms with E-state index in [1.54, 1.807) is 26.0 Å². The highest BCUT2D eigenvalue weighted by atomic mass is 19.1. The van der Waals surface area contributed by atoms with Gasteiger partial charge in [-0.15, -0.1) is 0 Å². The maximum absolute atomic E-state index is 13.8. The predicted octanol–water partition coefficient (Wildman–Crippen LogP) is 4.80. The number of aryl methyl sites for hydroxylation is 1. The highest BCUT2D eigenvalue weighted by molar-refractivity contribution is 5.85. The molecule has 0 saturated carbocycles. The molecule has 0 spiro atoms.